The molecular formula is C12H8BrN5. The number of fused-ring (bicyclic) bond motifs is 1. The second kappa shape index (κ2) is 5.44. The van der Waals surface area contributed by atoms with Gasteiger partial charge in [-0.2, -0.15) is 10.5 Å². The quantitative estimate of drug-likeness (QED) is 0.813. The van der Waals surface area contributed by atoms with Crippen LogP contribution in [0.25, 0.3) is 11.0 Å². The maximum atomic E-state index is 8.80. The Morgan fingerprint density at radius 2 is 1.94 bits per heavy atom. The molecule has 0 saturated heterocycles. The monoisotopic (exact) mass is 301 g/mol. The Morgan fingerprint density at radius 1 is 1.22 bits per heavy atom. The molecule has 5 nitrogen and oxygen atoms in total. The summed E-state index contributed by atoms with van der Waals surface area (Å²) >= 11 is 3.33. The molecule has 18 heavy (non-hydrogen) atoms. The van der Waals surface area contributed by atoms with Crippen molar-refractivity contribution in [3.05, 3.63) is 29.0 Å². The Labute approximate surface area is 112 Å². The van der Waals surface area contributed by atoms with Gasteiger partial charge in [0.1, 0.15) is 18.6 Å². The summed E-state index contributed by atoms with van der Waals surface area (Å²) in [7, 11) is 0. The van der Waals surface area contributed by atoms with Gasteiger partial charge in [0, 0.05) is 16.9 Å². The molecule has 6 heteroatoms. The molecule has 0 aliphatic rings. The van der Waals surface area contributed by atoms with Crippen LogP contribution in [0.2, 0.25) is 0 Å². The molecule has 2 aromatic heterocycles. The van der Waals surface area contributed by atoms with Gasteiger partial charge in [-0.05, 0) is 28.1 Å². The summed E-state index contributed by atoms with van der Waals surface area (Å²) in [6.07, 6.45) is 3.32. The summed E-state index contributed by atoms with van der Waals surface area (Å²) in [5.74, 6) is 0. The number of hydrogen-bond donors (Lipinski definition) is 0. The van der Waals surface area contributed by atoms with Gasteiger partial charge >= 0.3 is 0 Å². The lowest BCUT2D eigenvalue weighted by atomic mass is 10.2. The van der Waals surface area contributed by atoms with Gasteiger partial charge in [0.15, 0.2) is 0 Å². The van der Waals surface area contributed by atoms with Crippen LogP contribution in [0.5, 0.6) is 0 Å². The molecule has 2 aromatic rings. The van der Waals surface area contributed by atoms with E-state index in [9.17, 15) is 0 Å². The first-order valence-corrected chi connectivity index (χ1v) is 5.94. The molecule has 2 heterocycles. The van der Waals surface area contributed by atoms with Crippen LogP contribution in [0, 0.1) is 22.7 Å². The highest BCUT2D eigenvalue weighted by Gasteiger charge is 2.11. The first kappa shape index (κ1) is 12.3. The number of anilines is 1. The Balaban J connectivity index is 2.56. The van der Waals surface area contributed by atoms with Crippen molar-refractivity contribution < 1.29 is 0 Å². The summed E-state index contributed by atoms with van der Waals surface area (Å²) in [5.41, 5.74) is 2.16. The molecule has 88 valence electrons. The number of nitrogens with zero attached hydrogens (tertiary/aromatic N) is 5. The second-order valence-electron chi connectivity index (χ2n) is 3.52. The highest BCUT2D eigenvalue weighted by Crippen LogP contribution is 2.24. The maximum Gasteiger partial charge on any atom is 0.112 e. The van der Waals surface area contributed by atoms with Gasteiger partial charge in [0.05, 0.1) is 23.3 Å². The molecule has 0 saturated carbocycles. The Morgan fingerprint density at radius 3 is 2.61 bits per heavy atom. The van der Waals surface area contributed by atoms with Gasteiger partial charge in [-0.15, -0.1) is 0 Å². The minimum atomic E-state index is 0.143. The van der Waals surface area contributed by atoms with Crippen molar-refractivity contribution >= 4 is 32.7 Å². The average molecular weight is 302 g/mol. The third-order valence-electron chi connectivity index (χ3n) is 2.39. The van der Waals surface area contributed by atoms with Crippen molar-refractivity contribution in [1.82, 2.24) is 9.97 Å². The third kappa shape index (κ3) is 2.39. The average Bonchev–Trinajstić information content (AvgIpc) is 2.37. The van der Waals surface area contributed by atoms with Crippen LogP contribution in [-0.2, 0) is 0 Å². The van der Waals surface area contributed by atoms with Crippen LogP contribution in [-0.4, -0.2) is 23.1 Å². The lowest BCUT2D eigenvalue weighted by Gasteiger charge is -2.18. The molecule has 0 aromatic carbocycles. The van der Waals surface area contributed by atoms with Gasteiger partial charge in [0.2, 0.25) is 0 Å². The van der Waals surface area contributed by atoms with E-state index >= 15 is 0 Å². The van der Waals surface area contributed by atoms with E-state index in [1.165, 1.54) is 0 Å². The molecule has 0 N–H and O–H groups in total. The molecule has 0 radical (unpaired) electrons. The lowest BCUT2D eigenvalue weighted by Crippen LogP contribution is -2.24. The Kier molecular flexibility index (Phi) is 3.71. The first-order valence-electron chi connectivity index (χ1n) is 5.15. The SMILES string of the molecule is N#CCN(CC#N)c1ccnc2cc(Br)cnc12. The van der Waals surface area contributed by atoms with E-state index in [2.05, 4.69) is 25.9 Å². The van der Waals surface area contributed by atoms with Crippen molar-refractivity contribution in [1.29, 1.82) is 10.5 Å². The molecule has 0 aliphatic carbocycles. The van der Waals surface area contributed by atoms with Crippen LogP contribution < -0.4 is 4.90 Å². The summed E-state index contributed by atoms with van der Waals surface area (Å²) < 4.78 is 0.840. The minimum absolute atomic E-state index is 0.143. The van der Waals surface area contributed by atoms with Crippen molar-refractivity contribution in [3.63, 3.8) is 0 Å². The van der Waals surface area contributed by atoms with Gasteiger partial charge in [-0.3, -0.25) is 9.97 Å². The number of pyridine rings is 2. The zero-order valence-corrected chi connectivity index (χ0v) is 10.9. The third-order valence-corrected chi connectivity index (χ3v) is 2.82. The van der Waals surface area contributed by atoms with E-state index in [0.29, 0.717) is 5.52 Å². The molecule has 0 amide bonds. The molecular weight excluding hydrogens is 294 g/mol. The summed E-state index contributed by atoms with van der Waals surface area (Å²) in [4.78, 5) is 10.2. The number of halogens is 1. The largest absolute Gasteiger partial charge is 0.343 e. The maximum absolute atomic E-state index is 8.80. The zero-order chi connectivity index (χ0) is 13.0. The predicted molar refractivity (Wildman–Crippen MR) is 70.7 cm³/mol. The Bertz CT molecular complexity index is 640. The molecule has 0 aliphatic heterocycles. The molecule has 2 rings (SSSR count). The zero-order valence-electron chi connectivity index (χ0n) is 9.34. The highest BCUT2D eigenvalue weighted by molar-refractivity contribution is 9.10. The van der Waals surface area contributed by atoms with Crippen molar-refractivity contribution in [2.75, 3.05) is 18.0 Å². The van der Waals surface area contributed by atoms with Gasteiger partial charge < -0.3 is 4.90 Å². The highest BCUT2D eigenvalue weighted by atomic mass is 79.9. The first-order chi connectivity index (χ1) is 8.76. The number of aromatic nitrogens is 2. The standard InChI is InChI=1S/C12H8BrN5/c13-9-7-10-12(17-8-9)11(1-4-16-10)18(5-2-14)6-3-15/h1,4,7-8H,5-6H2. The number of hydrogen-bond acceptors (Lipinski definition) is 5. The number of nitriles is 2. The second-order valence-corrected chi connectivity index (χ2v) is 4.44. The molecule has 0 bridgehead atoms. The van der Waals surface area contributed by atoms with E-state index < -0.39 is 0 Å². The van der Waals surface area contributed by atoms with Gasteiger partial charge in [-0.1, -0.05) is 0 Å². The smallest absolute Gasteiger partial charge is 0.112 e. The van der Waals surface area contributed by atoms with E-state index in [4.69, 9.17) is 10.5 Å². The number of rotatable bonds is 3. The van der Waals surface area contributed by atoms with Gasteiger partial charge in [0.25, 0.3) is 0 Å². The fourth-order valence-corrected chi connectivity index (χ4v) is 1.96. The minimum Gasteiger partial charge on any atom is -0.343 e. The molecule has 0 fully saturated rings. The van der Waals surface area contributed by atoms with E-state index in [-0.39, 0.29) is 13.1 Å². The summed E-state index contributed by atoms with van der Waals surface area (Å²) in [6, 6.07) is 7.70. The summed E-state index contributed by atoms with van der Waals surface area (Å²) in [6.45, 7) is 0.287. The Hall–Kier alpha value is -2.18. The van der Waals surface area contributed by atoms with Crippen LogP contribution in [0.4, 0.5) is 5.69 Å². The van der Waals surface area contributed by atoms with Crippen molar-refractivity contribution in [3.8, 4) is 12.1 Å². The van der Waals surface area contributed by atoms with Crippen LogP contribution >= 0.6 is 15.9 Å². The van der Waals surface area contributed by atoms with Crippen LogP contribution in [0.15, 0.2) is 29.0 Å². The molecule has 0 atom stereocenters. The molecule has 0 spiro atoms. The van der Waals surface area contributed by atoms with Crippen molar-refractivity contribution in [2.24, 2.45) is 0 Å². The summed E-state index contributed by atoms with van der Waals surface area (Å²) in [5, 5.41) is 17.6. The van der Waals surface area contributed by atoms with Crippen molar-refractivity contribution in [2.45, 2.75) is 0 Å². The van der Waals surface area contributed by atoms with Gasteiger partial charge in [-0.25, -0.2) is 0 Å². The van der Waals surface area contributed by atoms with E-state index in [1.54, 1.807) is 23.4 Å². The topological polar surface area (TPSA) is 76.6 Å². The van der Waals surface area contributed by atoms with Crippen LogP contribution in [0.1, 0.15) is 0 Å². The van der Waals surface area contributed by atoms with Crippen LogP contribution in [0.3, 0.4) is 0 Å². The normalized spacial score (nSPS) is 9.72. The van der Waals surface area contributed by atoms with E-state index in [1.807, 2.05) is 18.2 Å². The molecule has 0 unspecified atom stereocenters. The lowest BCUT2D eigenvalue weighted by molar-refractivity contribution is 0.967. The predicted octanol–water partition coefficient (Wildman–Crippen LogP) is 2.25. The fourth-order valence-electron chi connectivity index (χ4n) is 1.64. The van der Waals surface area contributed by atoms with E-state index in [0.717, 1.165) is 15.7 Å². The fraction of sp³-hybridized carbons (Fsp3) is 0.167.